The van der Waals surface area contributed by atoms with Gasteiger partial charge in [0.15, 0.2) is 0 Å². The molecule has 1 unspecified atom stereocenters. The minimum atomic E-state index is -1.03. The number of carboxylic acids is 1. The van der Waals surface area contributed by atoms with E-state index in [0.29, 0.717) is 19.8 Å². The Balaban J connectivity index is 2.46. The molecular formula is C12H17NO4. The predicted molar refractivity (Wildman–Crippen MR) is 61.9 cm³/mol. The van der Waals surface area contributed by atoms with Crippen LogP contribution in [0.1, 0.15) is 29.9 Å². The fraction of sp³-hybridized carbons (Fsp3) is 0.500. The van der Waals surface area contributed by atoms with Crippen molar-refractivity contribution >= 4 is 5.97 Å². The van der Waals surface area contributed by atoms with E-state index in [-0.39, 0.29) is 11.8 Å². The van der Waals surface area contributed by atoms with E-state index in [9.17, 15) is 4.79 Å². The first-order valence-corrected chi connectivity index (χ1v) is 5.51. The molecule has 0 aliphatic carbocycles. The van der Waals surface area contributed by atoms with E-state index in [1.54, 1.807) is 6.07 Å². The smallest absolute Gasteiger partial charge is 0.354 e. The number of ether oxygens (including phenoxy) is 2. The summed E-state index contributed by atoms with van der Waals surface area (Å²) in [5.41, 5.74) is 0.823. The van der Waals surface area contributed by atoms with Gasteiger partial charge in [-0.15, -0.1) is 0 Å². The van der Waals surface area contributed by atoms with Crippen LogP contribution in [0.4, 0.5) is 0 Å². The molecule has 0 fully saturated rings. The van der Waals surface area contributed by atoms with Crippen LogP contribution in [0, 0.1) is 0 Å². The summed E-state index contributed by atoms with van der Waals surface area (Å²) in [6, 6.07) is 3.25. The third-order valence-electron chi connectivity index (χ3n) is 2.13. The zero-order valence-corrected chi connectivity index (χ0v) is 10.0. The Morgan fingerprint density at radius 1 is 1.59 bits per heavy atom. The maximum Gasteiger partial charge on any atom is 0.354 e. The van der Waals surface area contributed by atoms with E-state index >= 15 is 0 Å². The molecule has 0 saturated heterocycles. The summed E-state index contributed by atoms with van der Waals surface area (Å²) in [6.07, 6.45) is 1.45. The second-order valence-corrected chi connectivity index (χ2v) is 3.64. The Morgan fingerprint density at radius 2 is 2.35 bits per heavy atom. The van der Waals surface area contributed by atoms with Crippen molar-refractivity contribution in [2.75, 3.05) is 13.2 Å². The topological polar surface area (TPSA) is 68.7 Å². The molecule has 1 aromatic rings. The van der Waals surface area contributed by atoms with E-state index in [1.807, 2.05) is 13.8 Å². The molecule has 5 nitrogen and oxygen atoms in total. The molecule has 1 atom stereocenters. The number of aromatic carboxylic acids is 1. The third kappa shape index (κ3) is 4.93. The molecule has 17 heavy (non-hydrogen) atoms. The number of hydrogen-bond acceptors (Lipinski definition) is 4. The first-order chi connectivity index (χ1) is 8.13. The van der Waals surface area contributed by atoms with Crippen molar-refractivity contribution in [3.05, 3.63) is 29.6 Å². The van der Waals surface area contributed by atoms with Gasteiger partial charge >= 0.3 is 5.97 Å². The van der Waals surface area contributed by atoms with Crippen molar-refractivity contribution in [1.82, 2.24) is 4.98 Å². The summed E-state index contributed by atoms with van der Waals surface area (Å²) in [4.78, 5) is 14.4. The summed E-state index contributed by atoms with van der Waals surface area (Å²) in [6.45, 7) is 5.39. The van der Waals surface area contributed by atoms with Crippen molar-refractivity contribution in [2.45, 2.75) is 26.6 Å². The van der Waals surface area contributed by atoms with Crippen molar-refractivity contribution in [2.24, 2.45) is 0 Å². The molecule has 0 aromatic carbocycles. The van der Waals surface area contributed by atoms with E-state index in [4.69, 9.17) is 14.6 Å². The lowest BCUT2D eigenvalue weighted by Crippen LogP contribution is -2.16. The largest absolute Gasteiger partial charge is 0.477 e. The van der Waals surface area contributed by atoms with Crippen LogP contribution in [0.5, 0.6) is 0 Å². The molecule has 0 saturated carbocycles. The van der Waals surface area contributed by atoms with Gasteiger partial charge in [-0.2, -0.15) is 0 Å². The van der Waals surface area contributed by atoms with E-state index in [2.05, 4.69) is 4.98 Å². The molecule has 1 aromatic heterocycles. The monoisotopic (exact) mass is 239 g/mol. The Labute approximate surface area is 100 Å². The van der Waals surface area contributed by atoms with Gasteiger partial charge in [-0.3, -0.25) is 0 Å². The van der Waals surface area contributed by atoms with Crippen LogP contribution in [0.25, 0.3) is 0 Å². The maximum absolute atomic E-state index is 10.7. The number of rotatable bonds is 7. The minimum Gasteiger partial charge on any atom is -0.477 e. The number of carboxylic acid groups (broad SMARTS) is 1. The number of pyridine rings is 1. The highest BCUT2D eigenvalue weighted by Gasteiger charge is 2.06. The molecule has 5 heteroatoms. The standard InChI is InChI=1S/C12H17NO4/c1-3-16-7-9(2)17-8-10-4-5-13-11(6-10)12(14)15/h4-6,9H,3,7-8H2,1-2H3,(H,14,15). The van der Waals surface area contributed by atoms with E-state index in [0.717, 1.165) is 5.56 Å². The second-order valence-electron chi connectivity index (χ2n) is 3.64. The molecule has 0 aliphatic heterocycles. The predicted octanol–water partition coefficient (Wildman–Crippen LogP) is 1.72. The molecule has 94 valence electrons. The van der Waals surface area contributed by atoms with Gasteiger partial charge in [0.2, 0.25) is 0 Å². The highest BCUT2D eigenvalue weighted by Crippen LogP contribution is 2.05. The van der Waals surface area contributed by atoms with Crippen molar-refractivity contribution in [3.63, 3.8) is 0 Å². The maximum atomic E-state index is 10.7. The SMILES string of the molecule is CCOCC(C)OCc1ccnc(C(=O)O)c1. The average molecular weight is 239 g/mol. The van der Waals surface area contributed by atoms with E-state index < -0.39 is 5.97 Å². The molecule has 1 heterocycles. The van der Waals surface area contributed by atoms with Gasteiger partial charge in [-0.05, 0) is 31.5 Å². The summed E-state index contributed by atoms with van der Waals surface area (Å²) in [7, 11) is 0. The van der Waals surface area contributed by atoms with Crippen molar-refractivity contribution in [1.29, 1.82) is 0 Å². The molecule has 0 spiro atoms. The van der Waals surface area contributed by atoms with Crippen molar-refractivity contribution in [3.8, 4) is 0 Å². The van der Waals surface area contributed by atoms with Gasteiger partial charge < -0.3 is 14.6 Å². The molecular weight excluding hydrogens is 222 g/mol. The van der Waals surface area contributed by atoms with Gasteiger partial charge in [0.25, 0.3) is 0 Å². The van der Waals surface area contributed by atoms with Gasteiger partial charge in [0, 0.05) is 12.8 Å². The molecule has 0 aliphatic rings. The normalized spacial score (nSPS) is 12.4. The minimum absolute atomic E-state index is 0.0172. The van der Waals surface area contributed by atoms with Crippen LogP contribution in [-0.2, 0) is 16.1 Å². The number of nitrogens with zero attached hydrogens (tertiary/aromatic N) is 1. The van der Waals surface area contributed by atoms with Gasteiger partial charge in [-0.25, -0.2) is 9.78 Å². The average Bonchev–Trinajstić information content (AvgIpc) is 2.34. The second kappa shape index (κ2) is 6.98. The first kappa shape index (κ1) is 13.6. The van der Waals surface area contributed by atoms with Crippen LogP contribution in [0.15, 0.2) is 18.3 Å². The van der Waals surface area contributed by atoms with Crippen LogP contribution in [0.2, 0.25) is 0 Å². The number of aromatic nitrogens is 1. The molecule has 0 amide bonds. The molecule has 0 radical (unpaired) electrons. The van der Waals surface area contributed by atoms with Gasteiger partial charge in [0.1, 0.15) is 5.69 Å². The zero-order valence-electron chi connectivity index (χ0n) is 10.0. The summed E-state index contributed by atoms with van der Waals surface area (Å²) in [5.74, 6) is -1.03. The lowest BCUT2D eigenvalue weighted by molar-refractivity contribution is -0.0117. The van der Waals surface area contributed by atoms with Crippen molar-refractivity contribution < 1.29 is 19.4 Å². The fourth-order valence-corrected chi connectivity index (χ4v) is 1.25. The number of carbonyl (C=O) groups is 1. The Morgan fingerprint density at radius 3 is 3.00 bits per heavy atom. The molecule has 0 bridgehead atoms. The molecule has 1 N–H and O–H groups in total. The quantitative estimate of drug-likeness (QED) is 0.784. The Hall–Kier alpha value is -1.46. The van der Waals surface area contributed by atoms with Crippen LogP contribution >= 0.6 is 0 Å². The third-order valence-corrected chi connectivity index (χ3v) is 2.13. The summed E-state index contributed by atoms with van der Waals surface area (Å²) in [5, 5.41) is 8.78. The summed E-state index contributed by atoms with van der Waals surface area (Å²) >= 11 is 0. The number of hydrogen-bond donors (Lipinski definition) is 1. The first-order valence-electron chi connectivity index (χ1n) is 5.51. The zero-order chi connectivity index (χ0) is 12.7. The fourth-order valence-electron chi connectivity index (χ4n) is 1.25. The highest BCUT2D eigenvalue weighted by molar-refractivity contribution is 5.85. The highest BCUT2D eigenvalue weighted by atomic mass is 16.5. The Bertz CT molecular complexity index is 367. The molecule has 1 rings (SSSR count). The lowest BCUT2D eigenvalue weighted by atomic mass is 10.2. The van der Waals surface area contributed by atoms with Gasteiger partial charge in [0.05, 0.1) is 19.3 Å². The Kier molecular flexibility index (Phi) is 5.59. The van der Waals surface area contributed by atoms with Gasteiger partial charge in [-0.1, -0.05) is 0 Å². The van der Waals surface area contributed by atoms with Crippen LogP contribution in [-0.4, -0.2) is 35.4 Å². The van der Waals surface area contributed by atoms with Crippen LogP contribution in [0.3, 0.4) is 0 Å². The summed E-state index contributed by atoms with van der Waals surface area (Å²) < 4.78 is 10.7. The lowest BCUT2D eigenvalue weighted by Gasteiger charge is -2.12. The van der Waals surface area contributed by atoms with Crippen LogP contribution < -0.4 is 0 Å². The van der Waals surface area contributed by atoms with E-state index in [1.165, 1.54) is 12.3 Å².